The van der Waals surface area contributed by atoms with Gasteiger partial charge in [0.25, 0.3) is 0 Å². The Balaban J connectivity index is 1.70. The van der Waals surface area contributed by atoms with Crippen LogP contribution in [0.1, 0.15) is 32.6 Å². The maximum Gasteiger partial charge on any atom is 0.355 e. The minimum Gasteiger partial charge on any atom is -0.494 e. The van der Waals surface area contributed by atoms with E-state index in [4.69, 9.17) is 9.15 Å². The van der Waals surface area contributed by atoms with Gasteiger partial charge in [0.15, 0.2) is 0 Å². The topological polar surface area (TPSA) is 57.3 Å². The van der Waals surface area contributed by atoms with E-state index in [1.807, 2.05) is 24.3 Å². The maximum atomic E-state index is 12.0. The van der Waals surface area contributed by atoms with Crippen molar-refractivity contribution in [3.63, 3.8) is 0 Å². The number of ether oxygens (including phenoxy) is 1. The summed E-state index contributed by atoms with van der Waals surface area (Å²) in [7, 11) is 0. The lowest BCUT2D eigenvalue weighted by Crippen LogP contribution is -2.20. The Morgan fingerprint density at radius 1 is 1.13 bits per heavy atom. The van der Waals surface area contributed by atoms with Crippen LogP contribution in [0.5, 0.6) is 5.75 Å². The molecule has 5 nitrogen and oxygen atoms in total. The molecule has 0 radical (unpaired) electrons. The predicted octanol–water partition coefficient (Wildman–Crippen LogP) is 3.94. The molecule has 1 aromatic carbocycles. The molecule has 0 bridgehead atoms. The van der Waals surface area contributed by atoms with Crippen LogP contribution in [0.25, 0.3) is 16.8 Å². The fourth-order valence-electron chi connectivity index (χ4n) is 2.44. The molecule has 0 aliphatic rings. The molecule has 0 atom stereocenters. The van der Waals surface area contributed by atoms with Crippen LogP contribution in [0, 0.1) is 0 Å². The van der Waals surface area contributed by atoms with E-state index < -0.39 is 0 Å². The second kappa shape index (κ2) is 7.13. The zero-order chi connectivity index (χ0) is 16.1. The van der Waals surface area contributed by atoms with Crippen molar-refractivity contribution in [1.29, 1.82) is 0 Å². The summed E-state index contributed by atoms with van der Waals surface area (Å²) in [6, 6.07) is 9.25. The van der Waals surface area contributed by atoms with Crippen LogP contribution < -0.4 is 10.4 Å². The van der Waals surface area contributed by atoms with E-state index in [0.717, 1.165) is 29.9 Å². The van der Waals surface area contributed by atoms with E-state index in [2.05, 4.69) is 11.9 Å². The number of rotatable bonds is 7. The van der Waals surface area contributed by atoms with Crippen LogP contribution in [-0.2, 0) is 0 Å². The van der Waals surface area contributed by atoms with Gasteiger partial charge in [0, 0.05) is 6.20 Å². The molecule has 0 spiro atoms. The van der Waals surface area contributed by atoms with Gasteiger partial charge in [0.05, 0.1) is 23.9 Å². The lowest BCUT2D eigenvalue weighted by molar-refractivity contribution is 0.305. The van der Waals surface area contributed by atoms with E-state index in [1.165, 1.54) is 30.1 Å². The van der Waals surface area contributed by atoms with Crippen LogP contribution in [0.3, 0.4) is 0 Å². The first-order valence-electron chi connectivity index (χ1n) is 7.98. The van der Waals surface area contributed by atoms with Crippen LogP contribution in [0.2, 0.25) is 0 Å². The molecule has 2 aromatic heterocycles. The van der Waals surface area contributed by atoms with Crippen LogP contribution in [0.15, 0.2) is 52.0 Å². The molecule has 120 valence electrons. The van der Waals surface area contributed by atoms with Crippen molar-refractivity contribution >= 4 is 11.1 Å². The molecule has 3 rings (SSSR count). The summed E-state index contributed by atoms with van der Waals surface area (Å²) in [5, 5.41) is 0.792. The predicted molar refractivity (Wildman–Crippen MR) is 89.2 cm³/mol. The first kappa shape index (κ1) is 15.3. The Kier molecular flexibility index (Phi) is 4.76. The second-order valence-corrected chi connectivity index (χ2v) is 5.48. The Morgan fingerprint density at radius 2 is 1.96 bits per heavy atom. The number of aromatic nitrogens is 2. The molecule has 0 fully saturated rings. The van der Waals surface area contributed by atoms with Crippen LogP contribution in [-0.4, -0.2) is 16.2 Å². The first-order valence-corrected chi connectivity index (χ1v) is 7.98. The summed E-state index contributed by atoms with van der Waals surface area (Å²) < 4.78 is 12.4. The summed E-state index contributed by atoms with van der Waals surface area (Å²) >= 11 is 0. The normalized spacial score (nSPS) is 11.0. The minimum absolute atomic E-state index is 0.360. The van der Waals surface area contributed by atoms with Gasteiger partial charge in [-0.25, -0.2) is 4.79 Å². The van der Waals surface area contributed by atoms with E-state index in [1.54, 1.807) is 12.3 Å². The zero-order valence-corrected chi connectivity index (χ0v) is 13.2. The molecule has 0 aliphatic heterocycles. The second-order valence-electron chi connectivity index (χ2n) is 5.48. The van der Waals surface area contributed by atoms with E-state index in [-0.39, 0.29) is 5.69 Å². The number of fused-ring (bicyclic) bond motifs is 1. The third-order valence-electron chi connectivity index (χ3n) is 3.73. The van der Waals surface area contributed by atoms with Gasteiger partial charge in [-0.1, -0.05) is 26.2 Å². The third kappa shape index (κ3) is 3.62. The van der Waals surface area contributed by atoms with Crippen molar-refractivity contribution in [1.82, 2.24) is 9.55 Å². The standard InChI is InChI=1S/C18H20N2O3/c1-2-3-4-5-11-22-16-8-6-15(7-9-16)20-13-14-10-12-23-17(14)19-18(20)21/h6-10,12-13H,2-5,11H2,1H3. The Morgan fingerprint density at radius 3 is 2.74 bits per heavy atom. The van der Waals surface area contributed by atoms with Crippen molar-refractivity contribution in [2.75, 3.05) is 6.61 Å². The number of furan rings is 1. The molecule has 0 saturated carbocycles. The first-order chi connectivity index (χ1) is 11.3. The molecule has 0 unspecified atom stereocenters. The number of benzene rings is 1. The maximum absolute atomic E-state index is 12.0. The molecule has 0 N–H and O–H groups in total. The summed E-state index contributed by atoms with van der Waals surface area (Å²) in [6.45, 7) is 2.92. The van der Waals surface area contributed by atoms with Gasteiger partial charge in [-0.05, 0) is 36.8 Å². The zero-order valence-electron chi connectivity index (χ0n) is 13.2. The highest BCUT2D eigenvalue weighted by Gasteiger charge is 2.06. The summed E-state index contributed by atoms with van der Waals surface area (Å²) in [4.78, 5) is 16.0. The molecule has 0 aliphatic carbocycles. The SMILES string of the molecule is CCCCCCOc1ccc(-n2cc3ccoc3nc2=O)cc1. The van der Waals surface area contributed by atoms with Crippen molar-refractivity contribution in [2.24, 2.45) is 0 Å². The molecule has 23 heavy (non-hydrogen) atoms. The molecular formula is C18H20N2O3. The lowest BCUT2D eigenvalue weighted by atomic mass is 10.2. The average Bonchev–Trinajstić information content (AvgIpc) is 3.02. The summed E-state index contributed by atoms with van der Waals surface area (Å²) in [5.74, 6) is 0.815. The number of hydrogen-bond acceptors (Lipinski definition) is 4. The molecular weight excluding hydrogens is 292 g/mol. The highest BCUT2D eigenvalue weighted by atomic mass is 16.5. The number of hydrogen-bond donors (Lipinski definition) is 0. The highest BCUT2D eigenvalue weighted by Crippen LogP contribution is 2.17. The molecule has 0 amide bonds. The Labute approximate surface area is 134 Å². The number of nitrogens with zero attached hydrogens (tertiary/aromatic N) is 2. The molecule has 2 heterocycles. The van der Waals surface area contributed by atoms with Crippen molar-refractivity contribution < 1.29 is 9.15 Å². The highest BCUT2D eigenvalue weighted by molar-refractivity contribution is 5.71. The molecule has 0 saturated heterocycles. The monoisotopic (exact) mass is 312 g/mol. The van der Waals surface area contributed by atoms with Gasteiger partial charge in [-0.3, -0.25) is 4.57 Å². The quantitative estimate of drug-likeness (QED) is 0.620. The lowest BCUT2D eigenvalue weighted by Gasteiger charge is -2.08. The van der Waals surface area contributed by atoms with E-state index in [0.29, 0.717) is 5.71 Å². The van der Waals surface area contributed by atoms with E-state index in [9.17, 15) is 4.79 Å². The van der Waals surface area contributed by atoms with Gasteiger partial charge in [0.1, 0.15) is 5.75 Å². The molecule has 5 heteroatoms. The smallest absolute Gasteiger partial charge is 0.355 e. The summed E-state index contributed by atoms with van der Waals surface area (Å²) in [6.07, 6.45) is 7.98. The fraction of sp³-hybridized carbons (Fsp3) is 0.333. The third-order valence-corrected chi connectivity index (χ3v) is 3.73. The van der Waals surface area contributed by atoms with Crippen molar-refractivity contribution in [2.45, 2.75) is 32.6 Å². The van der Waals surface area contributed by atoms with Gasteiger partial charge in [-0.15, -0.1) is 0 Å². The van der Waals surface area contributed by atoms with Gasteiger partial charge in [-0.2, -0.15) is 4.98 Å². The largest absolute Gasteiger partial charge is 0.494 e. The van der Waals surface area contributed by atoms with Gasteiger partial charge >= 0.3 is 5.69 Å². The van der Waals surface area contributed by atoms with Crippen molar-refractivity contribution in [3.05, 3.63) is 53.3 Å². The van der Waals surface area contributed by atoms with Crippen LogP contribution >= 0.6 is 0 Å². The van der Waals surface area contributed by atoms with Gasteiger partial charge in [0.2, 0.25) is 5.71 Å². The average molecular weight is 312 g/mol. The van der Waals surface area contributed by atoms with Crippen LogP contribution in [0.4, 0.5) is 0 Å². The Hall–Kier alpha value is -2.56. The fourth-order valence-corrected chi connectivity index (χ4v) is 2.44. The van der Waals surface area contributed by atoms with Gasteiger partial charge < -0.3 is 9.15 Å². The molecule has 3 aromatic rings. The van der Waals surface area contributed by atoms with E-state index >= 15 is 0 Å². The van der Waals surface area contributed by atoms with Crippen molar-refractivity contribution in [3.8, 4) is 11.4 Å². The number of unbranched alkanes of at least 4 members (excludes halogenated alkanes) is 3. The summed E-state index contributed by atoms with van der Waals surface area (Å²) in [5.41, 5.74) is 0.753. The Bertz CT molecular complexity index is 818. The minimum atomic E-state index is -0.360.